The number of hydrogen-bond donors (Lipinski definition) is 2. The Morgan fingerprint density at radius 1 is 1.08 bits per heavy atom. The highest BCUT2D eigenvalue weighted by atomic mass is 16.6. The summed E-state index contributed by atoms with van der Waals surface area (Å²) in [6.45, 7) is 5.68. The van der Waals surface area contributed by atoms with Crippen molar-refractivity contribution in [2.24, 2.45) is 0 Å². The van der Waals surface area contributed by atoms with Gasteiger partial charge in [-0.3, -0.25) is 4.79 Å². The number of anilines is 2. The second-order valence-corrected chi connectivity index (χ2v) is 10.0. The first-order valence-electron chi connectivity index (χ1n) is 12.3. The number of nitrogens with zero attached hydrogens (tertiary/aromatic N) is 4. The molecule has 0 bridgehead atoms. The molecule has 3 aromatic carbocycles. The van der Waals surface area contributed by atoms with E-state index in [0.717, 1.165) is 16.6 Å². The maximum Gasteiger partial charge on any atom is 0.408 e. The van der Waals surface area contributed by atoms with Crippen molar-refractivity contribution in [3.05, 3.63) is 84.1 Å². The second kappa shape index (κ2) is 9.90. The van der Waals surface area contributed by atoms with Crippen molar-refractivity contribution in [1.29, 1.82) is 5.26 Å². The average Bonchev–Trinajstić information content (AvgIpc) is 3.20. The minimum Gasteiger partial charge on any atom is -0.444 e. The van der Waals surface area contributed by atoms with Crippen LogP contribution in [0.1, 0.15) is 32.0 Å². The number of alkyl carbamates (subject to hydrolysis) is 1. The quantitative estimate of drug-likeness (QED) is 0.411. The Labute approximate surface area is 220 Å². The molecule has 1 aliphatic heterocycles. The molecule has 0 saturated heterocycles. The Bertz CT molecular complexity index is 1560. The van der Waals surface area contributed by atoms with Gasteiger partial charge in [-0.2, -0.15) is 10.4 Å². The van der Waals surface area contributed by atoms with Crippen LogP contribution in [0.3, 0.4) is 0 Å². The Morgan fingerprint density at radius 2 is 1.76 bits per heavy atom. The number of nitriles is 1. The van der Waals surface area contributed by atoms with E-state index in [2.05, 4.69) is 16.7 Å². The van der Waals surface area contributed by atoms with Gasteiger partial charge in [-0.1, -0.05) is 42.5 Å². The van der Waals surface area contributed by atoms with Crippen LogP contribution in [0.5, 0.6) is 0 Å². The van der Waals surface area contributed by atoms with E-state index in [4.69, 9.17) is 9.84 Å². The molecule has 9 nitrogen and oxygen atoms in total. The molecule has 0 fully saturated rings. The van der Waals surface area contributed by atoms with Crippen LogP contribution >= 0.6 is 0 Å². The van der Waals surface area contributed by atoms with Crippen LogP contribution in [0.2, 0.25) is 0 Å². The molecule has 5 rings (SSSR count). The SMILES string of the molecule is CC(C)(C)OC(=O)NC1CNc2ccccc2N(Cc2nn(-c3ccccc3C#N)c3ccccc23)C1=O. The van der Waals surface area contributed by atoms with Crippen molar-refractivity contribution >= 4 is 34.3 Å². The van der Waals surface area contributed by atoms with Gasteiger partial charge in [-0.25, -0.2) is 9.48 Å². The third-order valence-electron chi connectivity index (χ3n) is 6.17. The van der Waals surface area contributed by atoms with Crippen LogP contribution in [-0.2, 0) is 16.1 Å². The van der Waals surface area contributed by atoms with Gasteiger partial charge in [-0.15, -0.1) is 0 Å². The number of hydrogen-bond acceptors (Lipinski definition) is 6. The van der Waals surface area contributed by atoms with E-state index in [9.17, 15) is 14.9 Å². The molecular weight excluding hydrogens is 480 g/mol. The van der Waals surface area contributed by atoms with E-state index >= 15 is 0 Å². The van der Waals surface area contributed by atoms with Crippen LogP contribution in [0.4, 0.5) is 16.2 Å². The van der Waals surface area contributed by atoms with E-state index in [-0.39, 0.29) is 19.0 Å². The number of fused-ring (bicyclic) bond motifs is 2. The molecule has 1 aromatic heterocycles. The summed E-state index contributed by atoms with van der Waals surface area (Å²) in [7, 11) is 0. The van der Waals surface area contributed by atoms with Gasteiger partial charge in [0.2, 0.25) is 0 Å². The van der Waals surface area contributed by atoms with Gasteiger partial charge in [-0.05, 0) is 51.1 Å². The third kappa shape index (κ3) is 4.89. The van der Waals surface area contributed by atoms with Gasteiger partial charge in [0.1, 0.15) is 17.7 Å². The molecule has 2 N–H and O–H groups in total. The van der Waals surface area contributed by atoms with E-state index in [0.29, 0.717) is 22.6 Å². The molecular formula is C29H28N6O3. The number of ether oxygens (including phenoxy) is 1. The molecule has 0 aliphatic carbocycles. The largest absolute Gasteiger partial charge is 0.444 e. The Morgan fingerprint density at radius 3 is 2.53 bits per heavy atom. The fourth-order valence-electron chi connectivity index (χ4n) is 4.52. The topological polar surface area (TPSA) is 112 Å². The van der Waals surface area contributed by atoms with Crippen molar-refractivity contribution in [1.82, 2.24) is 15.1 Å². The molecule has 4 aromatic rings. The lowest BCUT2D eigenvalue weighted by Crippen LogP contribution is -2.51. The molecule has 192 valence electrons. The molecule has 1 unspecified atom stereocenters. The molecule has 38 heavy (non-hydrogen) atoms. The van der Waals surface area contributed by atoms with Crippen LogP contribution in [0.25, 0.3) is 16.6 Å². The summed E-state index contributed by atoms with van der Waals surface area (Å²) < 4.78 is 7.14. The summed E-state index contributed by atoms with van der Waals surface area (Å²) in [5, 5.41) is 21.4. The normalized spacial score (nSPS) is 15.3. The van der Waals surface area contributed by atoms with Gasteiger partial charge in [0.25, 0.3) is 5.91 Å². The van der Waals surface area contributed by atoms with E-state index in [1.165, 1.54) is 0 Å². The molecule has 2 heterocycles. The number of para-hydroxylation sites is 4. The summed E-state index contributed by atoms with van der Waals surface area (Å²) >= 11 is 0. The molecule has 1 aliphatic rings. The monoisotopic (exact) mass is 508 g/mol. The van der Waals surface area contributed by atoms with Crippen LogP contribution in [0, 0.1) is 11.3 Å². The highest BCUT2D eigenvalue weighted by Crippen LogP contribution is 2.32. The minimum absolute atomic E-state index is 0.159. The van der Waals surface area contributed by atoms with E-state index < -0.39 is 17.7 Å². The number of nitrogens with one attached hydrogen (secondary N) is 2. The lowest BCUT2D eigenvalue weighted by atomic mass is 10.1. The number of rotatable bonds is 4. The van der Waals surface area contributed by atoms with Crippen molar-refractivity contribution in [3.63, 3.8) is 0 Å². The maximum atomic E-state index is 13.9. The predicted octanol–water partition coefficient (Wildman–Crippen LogP) is 4.75. The molecule has 9 heteroatoms. The average molecular weight is 509 g/mol. The Kier molecular flexibility index (Phi) is 6.47. The highest BCUT2D eigenvalue weighted by molar-refractivity contribution is 6.03. The van der Waals surface area contributed by atoms with E-state index in [1.54, 1.807) is 36.4 Å². The summed E-state index contributed by atoms with van der Waals surface area (Å²) in [5.41, 5.74) is 3.39. The van der Waals surface area contributed by atoms with Gasteiger partial charge in [0.05, 0.1) is 40.4 Å². The molecule has 0 spiro atoms. The predicted molar refractivity (Wildman–Crippen MR) is 145 cm³/mol. The third-order valence-corrected chi connectivity index (χ3v) is 6.17. The lowest BCUT2D eigenvalue weighted by molar-refractivity contribution is -0.120. The van der Waals surface area contributed by atoms with Gasteiger partial charge < -0.3 is 20.3 Å². The van der Waals surface area contributed by atoms with E-state index in [1.807, 2.05) is 66.7 Å². The Hall–Kier alpha value is -4.84. The molecule has 1 atom stereocenters. The minimum atomic E-state index is -0.857. The van der Waals surface area contributed by atoms with Crippen molar-refractivity contribution in [2.75, 3.05) is 16.8 Å². The first-order chi connectivity index (χ1) is 18.2. The van der Waals surface area contributed by atoms with Crippen molar-refractivity contribution in [3.8, 4) is 11.8 Å². The first-order valence-corrected chi connectivity index (χ1v) is 12.3. The zero-order valence-corrected chi connectivity index (χ0v) is 21.4. The van der Waals surface area contributed by atoms with Crippen molar-refractivity contribution in [2.45, 2.75) is 39.0 Å². The van der Waals surface area contributed by atoms with Crippen LogP contribution in [-0.4, -0.2) is 40.0 Å². The smallest absolute Gasteiger partial charge is 0.408 e. The maximum absolute atomic E-state index is 13.9. The summed E-state index contributed by atoms with van der Waals surface area (Å²) in [6.07, 6.45) is -0.661. The Balaban J connectivity index is 1.55. The second-order valence-electron chi connectivity index (χ2n) is 10.0. The summed E-state index contributed by atoms with van der Waals surface area (Å²) in [5.74, 6) is -0.288. The molecule has 0 saturated carbocycles. The first kappa shape index (κ1) is 24.8. The summed E-state index contributed by atoms with van der Waals surface area (Å²) in [6, 6.07) is 23.9. The lowest BCUT2D eigenvalue weighted by Gasteiger charge is -2.26. The number of benzene rings is 3. The fraction of sp³-hybridized carbons (Fsp3) is 0.241. The fourth-order valence-corrected chi connectivity index (χ4v) is 4.52. The van der Waals surface area contributed by atoms with Gasteiger partial charge in [0, 0.05) is 11.9 Å². The zero-order valence-electron chi connectivity index (χ0n) is 21.4. The van der Waals surface area contributed by atoms with Gasteiger partial charge >= 0.3 is 6.09 Å². The number of amides is 2. The highest BCUT2D eigenvalue weighted by Gasteiger charge is 2.33. The zero-order chi connectivity index (χ0) is 26.9. The number of aromatic nitrogens is 2. The van der Waals surface area contributed by atoms with Crippen LogP contribution in [0.15, 0.2) is 72.8 Å². The van der Waals surface area contributed by atoms with Crippen molar-refractivity contribution < 1.29 is 14.3 Å². The number of carbonyl (C=O) groups excluding carboxylic acids is 2. The summed E-state index contributed by atoms with van der Waals surface area (Å²) in [4.78, 5) is 28.0. The standard InChI is InChI=1S/C29H28N6O3/c1-29(2,3)38-28(37)32-22-17-31-21-12-6-9-15-26(21)34(27(22)36)18-23-20-11-5-8-14-25(20)35(33-23)24-13-7-4-10-19(24)16-30/h4-15,22,31H,17-18H2,1-3H3,(H,32,37). The molecule has 0 radical (unpaired) electrons. The molecule has 2 amide bonds. The van der Waals surface area contributed by atoms with Gasteiger partial charge in [0.15, 0.2) is 0 Å². The van der Waals surface area contributed by atoms with Crippen LogP contribution < -0.4 is 15.5 Å². The number of carbonyl (C=O) groups is 2.